The lowest BCUT2D eigenvalue weighted by molar-refractivity contribution is 0.102. The number of nitriles is 1. The predicted octanol–water partition coefficient (Wildman–Crippen LogP) is 4.83. The fraction of sp³-hybridized carbons (Fsp3) is 0. The van der Waals surface area contributed by atoms with Crippen LogP contribution in [-0.4, -0.2) is 20.5 Å². The second-order valence-corrected chi connectivity index (χ2v) is 6.81. The molecule has 0 spiro atoms. The number of fused-ring (bicyclic) bond motifs is 1. The molecule has 0 bridgehead atoms. The van der Waals surface area contributed by atoms with Crippen LogP contribution in [0.4, 0.5) is 5.69 Å². The standard InChI is InChI=1S/C20H11Cl2N5O/c21-14-7-13(8-15(22)9-14)17-11-24-27-6-5-18(26-19(17)27)20(28)25-16-3-1-12(10-23)2-4-16/h1-9,11H,(H,25,28). The Morgan fingerprint density at radius 1 is 1.07 bits per heavy atom. The topological polar surface area (TPSA) is 83.1 Å². The summed E-state index contributed by atoms with van der Waals surface area (Å²) in [6.07, 6.45) is 3.30. The molecule has 0 unspecified atom stereocenters. The summed E-state index contributed by atoms with van der Waals surface area (Å²) in [5.74, 6) is -0.372. The van der Waals surface area contributed by atoms with Gasteiger partial charge in [0.25, 0.3) is 5.91 Å². The van der Waals surface area contributed by atoms with Crippen LogP contribution >= 0.6 is 23.2 Å². The van der Waals surface area contributed by atoms with Gasteiger partial charge in [-0.25, -0.2) is 9.50 Å². The minimum Gasteiger partial charge on any atom is -0.321 e. The summed E-state index contributed by atoms with van der Waals surface area (Å²) in [4.78, 5) is 17.0. The van der Waals surface area contributed by atoms with E-state index in [4.69, 9.17) is 28.5 Å². The second-order valence-electron chi connectivity index (χ2n) is 5.94. The van der Waals surface area contributed by atoms with Gasteiger partial charge in [-0.05, 0) is 54.1 Å². The monoisotopic (exact) mass is 407 g/mol. The molecule has 0 atom stereocenters. The van der Waals surface area contributed by atoms with Crippen molar-refractivity contribution in [2.45, 2.75) is 0 Å². The molecule has 0 aliphatic rings. The molecule has 0 fully saturated rings. The van der Waals surface area contributed by atoms with Crippen LogP contribution in [0.1, 0.15) is 16.1 Å². The molecule has 1 N–H and O–H groups in total. The summed E-state index contributed by atoms with van der Waals surface area (Å²) in [5.41, 5.74) is 3.28. The molecule has 0 radical (unpaired) electrons. The number of rotatable bonds is 3. The Labute approximate surface area is 170 Å². The molecular formula is C20H11Cl2N5O. The zero-order chi connectivity index (χ0) is 19.7. The van der Waals surface area contributed by atoms with Crippen molar-refractivity contribution in [3.8, 4) is 17.2 Å². The molecule has 2 heterocycles. The number of aromatic nitrogens is 3. The highest BCUT2D eigenvalue weighted by Gasteiger charge is 2.14. The van der Waals surface area contributed by atoms with Crippen LogP contribution in [0, 0.1) is 11.3 Å². The van der Waals surface area contributed by atoms with Gasteiger partial charge in [-0.3, -0.25) is 4.79 Å². The van der Waals surface area contributed by atoms with Crippen LogP contribution in [-0.2, 0) is 0 Å². The van der Waals surface area contributed by atoms with Crippen molar-refractivity contribution in [2.24, 2.45) is 0 Å². The molecule has 4 aromatic rings. The highest BCUT2D eigenvalue weighted by atomic mass is 35.5. The van der Waals surface area contributed by atoms with E-state index < -0.39 is 0 Å². The highest BCUT2D eigenvalue weighted by molar-refractivity contribution is 6.35. The van der Waals surface area contributed by atoms with E-state index in [2.05, 4.69) is 15.4 Å². The lowest BCUT2D eigenvalue weighted by Gasteiger charge is -2.06. The summed E-state index contributed by atoms with van der Waals surface area (Å²) < 4.78 is 1.57. The SMILES string of the molecule is N#Cc1ccc(NC(=O)c2ccn3ncc(-c4cc(Cl)cc(Cl)c4)c3n2)cc1. The number of anilines is 1. The predicted molar refractivity (Wildman–Crippen MR) is 108 cm³/mol. The average molecular weight is 408 g/mol. The van der Waals surface area contributed by atoms with Crippen LogP contribution in [0.25, 0.3) is 16.8 Å². The van der Waals surface area contributed by atoms with Gasteiger partial charge >= 0.3 is 0 Å². The quantitative estimate of drug-likeness (QED) is 0.527. The largest absolute Gasteiger partial charge is 0.321 e. The fourth-order valence-electron chi connectivity index (χ4n) is 2.73. The van der Waals surface area contributed by atoms with Gasteiger partial charge in [0.05, 0.1) is 17.8 Å². The minimum atomic E-state index is -0.372. The highest BCUT2D eigenvalue weighted by Crippen LogP contribution is 2.29. The van der Waals surface area contributed by atoms with E-state index in [0.717, 1.165) is 5.56 Å². The van der Waals surface area contributed by atoms with E-state index in [0.29, 0.717) is 32.5 Å². The van der Waals surface area contributed by atoms with Gasteiger partial charge in [-0.15, -0.1) is 0 Å². The molecule has 136 valence electrons. The number of carbonyl (C=O) groups is 1. The van der Waals surface area contributed by atoms with E-state index in [-0.39, 0.29) is 11.6 Å². The number of hydrogen-bond acceptors (Lipinski definition) is 4. The first-order valence-corrected chi connectivity index (χ1v) is 8.91. The third-order valence-corrected chi connectivity index (χ3v) is 4.48. The van der Waals surface area contributed by atoms with Gasteiger partial charge in [-0.1, -0.05) is 23.2 Å². The van der Waals surface area contributed by atoms with Gasteiger partial charge in [0.1, 0.15) is 5.69 Å². The Kier molecular flexibility index (Phi) is 4.70. The Morgan fingerprint density at radius 3 is 2.46 bits per heavy atom. The molecule has 6 nitrogen and oxygen atoms in total. The van der Waals surface area contributed by atoms with E-state index in [9.17, 15) is 4.79 Å². The van der Waals surface area contributed by atoms with Crippen LogP contribution in [0.15, 0.2) is 60.9 Å². The molecular weight excluding hydrogens is 397 g/mol. The third-order valence-electron chi connectivity index (χ3n) is 4.05. The molecule has 28 heavy (non-hydrogen) atoms. The average Bonchev–Trinajstić information content (AvgIpc) is 3.11. The number of hydrogen-bond donors (Lipinski definition) is 1. The minimum absolute atomic E-state index is 0.228. The van der Waals surface area contributed by atoms with Crippen molar-refractivity contribution in [3.05, 3.63) is 82.2 Å². The normalized spacial score (nSPS) is 10.6. The van der Waals surface area contributed by atoms with Crippen LogP contribution in [0.2, 0.25) is 10.0 Å². The molecule has 0 saturated carbocycles. The maximum Gasteiger partial charge on any atom is 0.274 e. The number of halogens is 2. The van der Waals surface area contributed by atoms with Crippen molar-refractivity contribution >= 4 is 40.4 Å². The van der Waals surface area contributed by atoms with Crippen molar-refractivity contribution in [2.75, 3.05) is 5.32 Å². The number of nitrogens with zero attached hydrogens (tertiary/aromatic N) is 4. The van der Waals surface area contributed by atoms with Gasteiger partial charge < -0.3 is 5.32 Å². The molecule has 8 heteroatoms. The number of nitrogens with one attached hydrogen (secondary N) is 1. The molecule has 2 aromatic heterocycles. The third kappa shape index (κ3) is 3.54. The first kappa shape index (κ1) is 18.0. The summed E-state index contributed by atoms with van der Waals surface area (Å²) in [5, 5.41) is 16.9. The Morgan fingerprint density at radius 2 is 1.79 bits per heavy atom. The molecule has 4 rings (SSSR count). The molecule has 0 aliphatic carbocycles. The first-order valence-electron chi connectivity index (χ1n) is 8.16. The molecule has 2 aromatic carbocycles. The van der Waals surface area contributed by atoms with E-state index >= 15 is 0 Å². The lowest BCUT2D eigenvalue weighted by Crippen LogP contribution is -2.14. The Hall–Kier alpha value is -3.40. The van der Waals surface area contributed by atoms with Crippen molar-refractivity contribution in [1.82, 2.24) is 14.6 Å². The van der Waals surface area contributed by atoms with Crippen LogP contribution < -0.4 is 5.32 Å². The second kappa shape index (κ2) is 7.31. The fourth-order valence-corrected chi connectivity index (χ4v) is 3.26. The molecule has 0 aliphatic heterocycles. The van der Waals surface area contributed by atoms with Crippen molar-refractivity contribution < 1.29 is 4.79 Å². The Bertz CT molecular complexity index is 1220. The maximum atomic E-state index is 12.6. The summed E-state index contributed by atoms with van der Waals surface area (Å²) >= 11 is 12.2. The molecule has 1 amide bonds. The Balaban J connectivity index is 1.68. The zero-order valence-electron chi connectivity index (χ0n) is 14.2. The van der Waals surface area contributed by atoms with Gasteiger partial charge in [0.2, 0.25) is 0 Å². The smallest absolute Gasteiger partial charge is 0.274 e. The van der Waals surface area contributed by atoms with Crippen molar-refractivity contribution in [1.29, 1.82) is 5.26 Å². The number of benzene rings is 2. The number of amides is 1. The van der Waals surface area contributed by atoms with Gasteiger partial charge in [-0.2, -0.15) is 10.4 Å². The van der Waals surface area contributed by atoms with Gasteiger partial charge in [0.15, 0.2) is 5.65 Å². The maximum absolute atomic E-state index is 12.6. The summed E-state index contributed by atoms with van der Waals surface area (Å²) in [6.45, 7) is 0. The van der Waals surface area contributed by atoms with Gasteiger partial charge in [0, 0.05) is 27.5 Å². The lowest BCUT2D eigenvalue weighted by atomic mass is 10.1. The first-order chi connectivity index (χ1) is 13.5. The van der Waals surface area contributed by atoms with E-state index in [1.54, 1.807) is 65.4 Å². The van der Waals surface area contributed by atoms with Crippen molar-refractivity contribution in [3.63, 3.8) is 0 Å². The number of carbonyl (C=O) groups excluding carboxylic acids is 1. The summed E-state index contributed by atoms with van der Waals surface area (Å²) in [6, 6.07) is 15.3. The molecule has 0 saturated heterocycles. The van der Waals surface area contributed by atoms with E-state index in [1.807, 2.05) is 6.07 Å². The van der Waals surface area contributed by atoms with Crippen LogP contribution in [0.5, 0.6) is 0 Å². The zero-order valence-corrected chi connectivity index (χ0v) is 15.7. The van der Waals surface area contributed by atoms with E-state index in [1.165, 1.54) is 0 Å². The van der Waals surface area contributed by atoms with Crippen LogP contribution in [0.3, 0.4) is 0 Å². The summed E-state index contributed by atoms with van der Waals surface area (Å²) in [7, 11) is 0.